The zero-order valence-corrected chi connectivity index (χ0v) is 16.1. The molecule has 0 fully saturated rings. The van der Waals surface area contributed by atoms with Gasteiger partial charge in [0, 0.05) is 6.07 Å². The first-order valence-electron chi connectivity index (χ1n) is 9.27. The van der Waals surface area contributed by atoms with Crippen molar-refractivity contribution in [3.05, 3.63) is 75.3 Å². The summed E-state index contributed by atoms with van der Waals surface area (Å²) in [7, 11) is 0. The Balaban J connectivity index is 1.78. The average molecular weight is 395 g/mol. The number of fused-ring (bicyclic) bond motifs is 1. The number of amides is 3. The first kappa shape index (κ1) is 20.2. The smallest absolute Gasteiger partial charge is 0.282 e. The molecule has 0 aliphatic carbocycles. The Bertz CT molecular complexity index is 972. The molecule has 1 aliphatic rings. The van der Waals surface area contributed by atoms with Gasteiger partial charge in [-0.1, -0.05) is 50.2 Å². The quantitative estimate of drug-likeness (QED) is 0.440. The largest absolute Gasteiger partial charge is 0.348 e. The second-order valence-corrected chi connectivity index (χ2v) is 7.31. The maximum atomic E-state index is 12.6. The minimum absolute atomic E-state index is 0.0567. The molecule has 0 aromatic heterocycles. The topological polar surface area (TPSA) is 110 Å². The Hall–Kier alpha value is -3.55. The number of benzene rings is 2. The molecule has 0 saturated carbocycles. The van der Waals surface area contributed by atoms with Crippen LogP contribution < -0.4 is 5.32 Å². The number of hydrogen-bond donors (Lipinski definition) is 1. The lowest BCUT2D eigenvalue weighted by molar-refractivity contribution is -0.385. The number of carbonyl (C=O) groups excluding carboxylic acids is 3. The molecule has 2 aromatic carbocycles. The molecule has 1 heterocycles. The molecule has 8 heteroatoms. The van der Waals surface area contributed by atoms with Crippen LogP contribution in [0.2, 0.25) is 0 Å². The SMILES string of the molecule is CC(C)C[C@H](NC(=O)CN1C(=O)c2cccc([N+](=O)[O-])c2C1=O)c1ccccc1. The number of imide groups is 1. The van der Waals surface area contributed by atoms with Crippen LogP contribution >= 0.6 is 0 Å². The second-order valence-electron chi connectivity index (χ2n) is 7.31. The minimum atomic E-state index is -0.826. The summed E-state index contributed by atoms with van der Waals surface area (Å²) in [6.07, 6.45) is 0.684. The Morgan fingerprint density at radius 2 is 1.76 bits per heavy atom. The van der Waals surface area contributed by atoms with E-state index in [2.05, 4.69) is 5.32 Å². The molecule has 1 aliphatic heterocycles. The molecule has 150 valence electrons. The number of nitro benzene ring substituents is 1. The van der Waals surface area contributed by atoms with Crippen LogP contribution in [0.25, 0.3) is 0 Å². The van der Waals surface area contributed by atoms with Crippen molar-refractivity contribution in [2.45, 2.75) is 26.3 Å². The molecule has 29 heavy (non-hydrogen) atoms. The van der Waals surface area contributed by atoms with Gasteiger partial charge in [-0.3, -0.25) is 29.4 Å². The molecule has 0 unspecified atom stereocenters. The lowest BCUT2D eigenvalue weighted by atomic mass is 9.97. The maximum Gasteiger partial charge on any atom is 0.282 e. The molecule has 2 aromatic rings. The van der Waals surface area contributed by atoms with Crippen molar-refractivity contribution >= 4 is 23.4 Å². The monoisotopic (exact) mass is 395 g/mol. The first-order valence-corrected chi connectivity index (χ1v) is 9.27. The summed E-state index contributed by atoms with van der Waals surface area (Å²) in [4.78, 5) is 49.0. The minimum Gasteiger partial charge on any atom is -0.348 e. The van der Waals surface area contributed by atoms with Gasteiger partial charge >= 0.3 is 0 Å². The summed E-state index contributed by atoms with van der Waals surface area (Å²) in [5.41, 5.74) is 0.161. The third kappa shape index (κ3) is 4.16. The standard InChI is InChI=1S/C21H21N3O5/c1-13(2)11-16(14-7-4-3-5-8-14)22-18(25)12-23-20(26)15-9-6-10-17(24(28)29)19(15)21(23)27/h3-10,13,16H,11-12H2,1-2H3,(H,22,25)/t16-/m0/s1. The summed E-state index contributed by atoms with van der Waals surface area (Å²) in [6.45, 7) is 3.57. The molecule has 0 bridgehead atoms. The van der Waals surface area contributed by atoms with Crippen LogP contribution in [0.3, 0.4) is 0 Å². The lowest BCUT2D eigenvalue weighted by Gasteiger charge is -2.22. The van der Waals surface area contributed by atoms with Gasteiger partial charge in [0.1, 0.15) is 12.1 Å². The van der Waals surface area contributed by atoms with Crippen molar-refractivity contribution in [3.8, 4) is 0 Å². The number of nitro groups is 1. The number of nitrogens with one attached hydrogen (secondary N) is 1. The van der Waals surface area contributed by atoms with Crippen molar-refractivity contribution in [2.24, 2.45) is 5.92 Å². The van der Waals surface area contributed by atoms with Crippen molar-refractivity contribution < 1.29 is 19.3 Å². The number of hydrogen-bond acceptors (Lipinski definition) is 5. The van der Waals surface area contributed by atoms with Crippen LogP contribution in [-0.4, -0.2) is 34.1 Å². The van der Waals surface area contributed by atoms with Crippen LogP contribution in [0.5, 0.6) is 0 Å². The molecule has 1 atom stereocenters. The van der Waals surface area contributed by atoms with Gasteiger partial charge < -0.3 is 5.32 Å². The van der Waals surface area contributed by atoms with Gasteiger partial charge in [0.05, 0.1) is 16.5 Å². The number of carbonyl (C=O) groups is 3. The van der Waals surface area contributed by atoms with Gasteiger partial charge in [0.2, 0.25) is 5.91 Å². The summed E-state index contributed by atoms with van der Waals surface area (Å²) < 4.78 is 0. The van der Waals surface area contributed by atoms with E-state index >= 15 is 0 Å². The highest BCUT2D eigenvalue weighted by Crippen LogP contribution is 2.30. The van der Waals surface area contributed by atoms with Gasteiger partial charge in [0.25, 0.3) is 17.5 Å². The summed E-state index contributed by atoms with van der Waals surface area (Å²) in [5.74, 6) is -1.73. The van der Waals surface area contributed by atoms with E-state index in [1.54, 1.807) is 0 Å². The van der Waals surface area contributed by atoms with E-state index in [0.717, 1.165) is 10.5 Å². The summed E-state index contributed by atoms with van der Waals surface area (Å²) in [5, 5.41) is 14.1. The van der Waals surface area contributed by atoms with Crippen LogP contribution in [0.15, 0.2) is 48.5 Å². The van der Waals surface area contributed by atoms with E-state index in [1.165, 1.54) is 18.2 Å². The molecular formula is C21H21N3O5. The zero-order chi connectivity index (χ0) is 21.1. The molecule has 0 radical (unpaired) electrons. The average Bonchev–Trinajstić information content (AvgIpc) is 2.92. The molecule has 3 amide bonds. The summed E-state index contributed by atoms with van der Waals surface area (Å²) >= 11 is 0. The van der Waals surface area contributed by atoms with Crippen LogP contribution in [0, 0.1) is 16.0 Å². The Labute approximate surface area is 167 Å². The maximum absolute atomic E-state index is 12.6. The van der Waals surface area contributed by atoms with E-state index in [0.29, 0.717) is 12.3 Å². The first-order chi connectivity index (χ1) is 13.8. The van der Waals surface area contributed by atoms with E-state index in [-0.39, 0.29) is 17.2 Å². The third-order valence-electron chi connectivity index (χ3n) is 4.72. The summed E-state index contributed by atoms with van der Waals surface area (Å²) in [6, 6.07) is 13.0. The van der Waals surface area contributed by atoms with Gasteiger partial charge in [-0.15, -0.1) is 0 Å². The normalized spacial score (nSPS) is 14.1. The van der Waals surface area contributed by atoms with E-state index < -0.39 is 34.9 Å². The number of rotatable bonds is 7. The molecule has 0 spiro atoms. The predicted octanol–water partition coefficient (Wildman–Crippen LogP) is 3.09. The van der Waals surface area contributed by atoms with Crippen LogP contribution in [-0.2, 0) is 4.79 Å². The van der Waals surface area contributed by atoms with Gasteiger partial charge in [-0.05, 0) is 24.0 Å². The number of nitrogens with zero attached hydrogens (tertiary/aromatic N) is 2. The van der Waals surface area contributed by atoms with Crippen molar-refractivity contribution in [1.82, 2.24) is 10.2 Å². The second kappa shape index (κ2) is 8.22. The van der Waals surface area contributed by atoms with E-state index in [4.69, 9.17) is 0 Å². The molecular weight excluding hydrogens is 374 g/mol. The highest BCUT2D eigenvalue weighted by atomic mass is 16.6. The zero-order valence-electron chi connectivity index (χ0n) is 16.1. The van der Waals surface area contributed by atoms with Crippen LogP contribution in [0.1, 0.15) is 52.6 Å². The molecule has 8 nitrogen and oxygen atoms in total. The lowest BCUT2D eigenvalue weighted by Crippen LogP contribution is -2.41. The fourth-order valence-corrected chi connectivity index (χ4v) is 3.43. The predicted molar refractivity (Wildman–Crippen MR) is 105 cm³/mol. The van der Waals surface area contributed by atoms with Crippen LogP contribution in [0.4, 0.5) is 5.69 Å². The fourth-order valence-electron chi connectivity index (χ4n) is 3.43. The molecule has 1 N–H and O–H groups in total. The van der Waals surface area contributed by atoms with E-state index in [9.17, 15) is 24.5 Å². The van der Waals surface area contributed by atoms with Crippen molar-refractivity contribution in [2.75, 3.05) is 6.54 Å². The molecule has 3 rings (SSSR count). The molecule has 0 saturated heterocycles. The van der Waals surface area contributed by atoms with Gasteiger partial charge in [0.15, 0.2) is 0 Å². The van der Waals surface area contributed by atoms with Gasteiger partial charge in [-0.2, -0.15) is 0 Å². The Morgan fingerprint density at radius 3 is 2.38 bits per heavy atom. The third-order valence-corrected chi connectivity index (χ3v) is 4.72. The Morgan fingerprint density at radius 1 is 1.07 bits per heavy atom. The highest BCUT2D eigenvalue weighted by molar-refractivity contribution is 6.24. The van der Waals surface area contributed by atoms with Crippen molar-refractivity contribution in [3.63, 3.8) is 0 Å². The van der Waals surface area contributed by atoms with Crippen molar-refractivity contribution in [1.29, 1.82) is 0 Å². The Kier molecular flexibility index (Phi) is 5.72. The van der Waals surface area contributed by atoms with E-state index in [1.807, 2.05) is 44.2 Å². The highest BCUT2D eigenvalue weighted by Gasteiger charge is 2.41. The fraction of sp³-hybridized carbons (Fsp3) is 0.286. The van der Waals surface area contributed by atoms with Gasteiger partial charge in [-0.25, -0.2) is 0 Å².